The molecule has 5 nitrogen and oxygen atoms in total. The van der Waals surface area contributed by atoms with Crippen molar-refractivity contribution in [3.05, 3.63) is 42.4 Å². The molecule has 1 heterocycles. The largest absolute Gasteiger partial charge is 0.497 e. The summed E-state index contributed by atoms with van der Waals surface area (Å²) in [7, 11) is 1.67. The van der Waals surface area contributed by atoms with Gasteiger partial charge in [-0.3, -0.25) is 0 Å². The molecule has 5 heteroatoms. The van der Waals surface area contributed by atoms with Gasteiger partial charge in [-0.2, -0.15) is 0 Å². The van der Waals surface area contributed by atoms with Crippen molar-refractivity contribution in [2.45, 2.75) is 19.8 Å². The van der Waals surface area contributed by atoms with Crippen LogP contribution in [0.25, 0.3) is 0 Å². The van der Waals surface area contributed by atoms with Crippen molar-refractivity contribution in [1.29, 1.82) is 0 Å². The van der Waals surface area contributed by atoms with Crippen LogP contribution in [0, 0.1) is 0 Å². The number of rotatable bonds is 7. The summed E-state index contributed by atoms with van der Waals surface area (Å²) < 4.78 is 5.21. The number of methoxy groups -OCH3 is 1. The van der Waals surface area contributed by atoms with Crippen LogP contribution in [0.15, 0.2) is 36.7 Å². The molecule has 21 heavy (non-hydrogen) atoms. The second-order valence-corrected chi connectivity index (χ2v) is 4.71. The van der Waals surface area contributed by atoms with E-state index >= 15 is 0 Å². The minimum absolute atomic E-state index is 0.651. The standard InChI is InChI=1S/C16H22N4O/c1-3-13-11-16(19-12-18-13)20(10-4-9-17)14-5-7-15(21-2)8-6-14/h5-8,11-12H,3-4,9-10,17H2,1-2H3. The summed E-state index contributed by atoms with van der Waals surface area (Å²) in [6.45, 7) is 3.56. The molecule has 0 radical (unpaired) electrons. The van der Waals surface area contributed by atoms with Gasteiger partial charge in [-0.05, 0) is 43.7 Å². The third-order valence-corrected chi connectivity index (χ3v) is 3.32. The highest BCUT2D eigenvalue weighted by molar-refractivity contribution is 5.60. The summed E-state index contributed by atoms with van der Waals surface area (Å²) >= 11 is 0. The summed E-state index contributed by atoms with van der Waals surface area (Å²) in [4.78, 5) is 10.8. The fourth-order valence-electron chi connectivity index (χ4n) is 2.11. The Morgan fingerprint density at radius 2 is 1.95 bits per heavy atom. The molecule has 0 aliphatic carbocycles. The molecule has 1 aromatic heterocycles. The highest BCUT2D eigenvalue weighted by Gasteiger charge is 2.11. The minimum Gasteiger partial charge on any atom is -0.497 e. The molecule has 0 unspecified atom stereocenters. The van der Waals surface area contributed by atoms with E-state index < -0.39 is 0 Å². The predicted molar refractivity (Wildman–Crippen MR) is 85.1 cm³/mol. The summed E-state index contributed by atoms with van der Waals surface area (Å²) in [6.07, 6.45) is 3.41. The molecular weight excluding hydrogens is 264 g/mol. The number of benzene rings is 1. The van der Waals surface area contributed by atoms with Gasteiger partial charge in [0.25, 0.3) is 0 Å². The van der Waals surface area contributed by atoms with Gasteiger partial charge in [0.05, 0.1) is 7.11 Å². The fourth-order valence-corrected chi connectivity index (χ4v) is 2.11. The first-order valence-corrected chi connectivity index (χ1v) is 7.21. The van der Waals surface area contributed by atoms with Crippen molar-refractivity contribution < 1.29 is 4.74 Å². The molecule has 0 atom stereocenters. The van der Waals surface area contributed by atoms with Crippen LogP contribution in [0.4, 0.5) is 11.5 Å². The monoisotopic (exact) mass is 286 g/mol. The predicted octanol–water partition coefficient (Wildman–Crippen LogP) is 2.53. The molecule has 0 aliphatic heterocycles. The lowest BCUT2D eigenvalue weighted by molar-refractivity contribution is 0.415. The molecule has 0 aliphatic rings. The zero-order valence-electron chi connectivity index (χ0n) is 12.6. The van der Waals surface area contributed by atoms with Crippen molar-refractivity contribution in [1.82, 2.24) is 9.97 Å². The molecule has 0 saturated carbocycles. The maximum atomic E-state index is 5.66. The van der Waals surface area contributed by atoms with Gasteiger partial charge in [0.1, 0.15) is 17.9 Å². The fraction of sp³-hybridized carbons (Fsp3) is 0.375. The van der Waals surface area contributed by atoms with E-state index in [0.717, 1.165) is 42.3 Å². The Hall–Kier alpha value is -2.14. The lowest BCUT2D eigenvalue weighted by atomic mass is 10.2. The van der Waals surface area contributed by atoms with Gasteiger partial charge in [0, 0.05) is 24.0 Å². The van der Waals surface area contributed by atoms with E-state index in [9.17, 15) is 0 Å². The second-order valence-electron chi connectivity index (χ2n) is 4.71. The van der Waals surface area contributed by atoms with Crippen LogP contribution in [0.1, 0.15) is 19.0 Å². The summed E-state index contributed by atoms with van der Waals surface area (Å²) in [6, 6.07) is 9.99. The van der Waals surface area contributed by atoms with Gasteiger partial charge in [0.15, 0.2) is 0 Å². The van der Waals surface area contributed by atoms with Gasteiger partial charge in [-0.25, -0.2) is 9.97 Å². The quantitative estimate of drug-likeness (QED) is 0.847. The summed E-state index contributed by atoms with van der Waals surface area (Å²) in [5.41, 5.74) is 7.76. The number of aryl methyl sites for hydroxylation is 1. The Balaban J connectivity index is 2.31. The van der Waals surface area contributed by atoms with Gasteiger partial charge in [0.2, 0.25) is 0 Å². The highest BCUT2D eigenvalue weighted by Crippen LogP contribution is 2.26. The van der Waals surface area contributed by atoms with Crippen molar-refractivity contribution in [3.63, 3.8) is 0 Å². The third-order valence-electron chi connectivity index (χ3n) is 3.32. The zero-order valence-corrected chi connectivity index (χ0v) is 12.6. The van der Waals surface area contributed by atoms with Crippen LogP contribution >= 0.6 is 0 Å². The third kappa shape index (κ3) is 3.92. The molecule has 2 rings (SSSR count). The zero-order chi connectivity index (χ0) is 15.1. The van der Waals surface area contributed by atoms with E-state index in [4.69, 9.17) is 10.5 Å². The van der Waals surface area contributed by atoms with Crippen molar-refractivity contribution in [2.75, 3.05) is 25.1 Å². The maximum absolute atomic E-state index is 5.66. The number of ether oxygens (including phenoxy) is 1. The molecule has 0 amide bonds. The average Bonchev–Trinajstić information content (AvgIpc) is 2.56. The van der Waals surface area contributed by atoms with Crippen molar-refractivity contribution in [2.24, 2.45) is 5.73 Å². The van der Waals surface area contributed by atoms with E-state index in [1.807, 2.05) is 30.3 Å². The van der Waals surface area contributed by atoms with Crippen LogP contribution in [0.2, 0.25) is 0 Å². The molecule has 0 saturated heterocycles. The normalized spacial score (nSPS) is 10.4. The van der Waals surface area contributed by atoms with Gasteiger partial charge >= 0.3 is 0 Å². The number of nitrogens with zero attached hydrogens (tertiary/aromatic N) is 3. The van der Waals surface area contributed by atoms with Gasteiger partial charge < -0.3 is 15.4 Å². The number of hydrogen-bond donors (Lipinski definition) is 1. The van der Waals surface area contributed by atoms with Crippen molar-refractivity contribution >= 4 is 11.5 Å². The van der Waals surface area contributed by atoms with Gasteiger partial charge in [-0.1, -0.05) is 6.92 Å². The van der Waals surface area contributed by atoms with Crippen molar-refractivity contribution in [3.8, 4) is 5.75 Å². The first kappa shape index (κ1) is 15.3. The SMILES string of the molecule is CCc1cc(N(CCCN)c2ccc(OC)cc2)ncn1. The Morgan fingerprint density at radius 3 is 2.57 bits per heavy atom. The minimum atomic E-state index is 0.651. The summed E-state index contributed by atoms with van der Waals surface area (Å²) in [5.74, 6) is 1.75. The van der Waals surface area contributed by atoms with Crippen LogP contribution < -0.4 is 15.4 Å². The topological polar surface area (TPSA) is 64.3 Å². The molecule has 112 valence electrons. The van der Waals surface area contributed by atoms with E-state index in [2.05, 4.69) is 21.8 Å². The second kappa shape index (κ2) is 7.59. The lowest BCUT2D eigenvalue weighted by Crippen LogP contribution is -2.22. The van der Waals surface area contributed by atoms with Crippen LogP contribution in [-0.2, 0) is 6.42 Å². The van der Waals surface area contributed by atoms with Crippen LogP contribution in [0.3, 0.4) is 0 Å². The Kier molecular flexibility index (Phi) is 5.51. The Morgan fingerprint density at radius 1 is 1.19 bits per heavy atom. The first-order chi connectivity index (χ1) is 10.3. The van der Waals surface area contributed by atoms with Crippen LogP contribution in [0.5, 0.6) is 5.75 Å². The average molecular weight is 286 g/mol. The Bertz CT molecular complexity index is 556. The number of hydrogen-bond acceptors (Lipinski definition) is 5. The maximum Gasteiger partial charge on any atom is 0.136 e. The molecular formula is C16H22N4O. The molecule has 0 bridgehead atoms. The van der Waals surface area contributed by atoms with E-state index in [0.29, 0.717) is 6.54 Å². The molecule has 2 N–H and O–H groups in total. The van der Waals surface area contributed by atoms with E-state index in [1.54, 1.807) is 13.4 Å². The molecule has 0 fully saturated rings. The molecule has 2 aromatic rings. The van der Waals surface area contributed by atoms with E-state index in [1.165, 1.54) is 0 Å². The number of anilines is 2. The number of aromatic nitrogens is 2. The lowest BCUT2D eigenvalue weighted by Gasteiger charge is -2.24. The van der Waals surface area contributed by atoms with Crippen LogP contribution in [-0.4, -0.2) is 30.2 Å². The van der Waals surface area contributed by atoms with Gasteiger partial charge in [-0.15, -0.1) is 0 Å². The Labute approximate surface area is 125 Å². The molecule has 1 aromatic carbocycles. The summed E-state index contributed by atoms with van der Waals surface area (Å²) in [5, 5.41) is 0. The first-order valence-electron chi connectivity index (χ1n) is 7.21. The highest BCUT2D eigenvalue weighted by atomic mass is 16.5. The number of nitrogens with two attached hydrogens (primary N) is 1. The smallest absolute Gasteiger partial charge is 0.136 e. The van der Waals surface area contributed by atoms with E-state index in [-0.39, 0.29) is 0 Å². The molecule has 0 spiro atoms.